The summed E-state index contributed by atoms with van der Waals surface area (Å²) in [5.74, 6) is 0.710. The second kappa shape index (κ2) is 3.82. The molecule has 0 saturated heterocycles. The van der Waals surface area contributed by atoms with Crippen molar-refractivity contribution in [2.45, 2.75) is 0 Å². The molecule has 0 saturated carbocycles. The Morgan fingerprint density at radius 1 is 1.47 bits per heavy atom. The number of hydrogen-bond acceptors (Lipinski definition) is 3. The normalized spacial score (nSPS) is 10.3. The van der Waals surface area contributed by atoms with E-state index >= 15 is 0 Å². The summed E-state index contributed by atoms with van der Waals surface area (Å²) in [7, 11) is 1.59. The van der Waals surface area contributed by atoms with E-state index in [0.717, 1.165) is 11.3 Å². The maximum atomic E-state index is 6.09. The highest BCUT2D eigenvalue weighted by Crippen LogP contribution is 2.32. The van der Waals surface area contributed by atoms with Crippen molar-refractivity contribution in [3.8, 4) is 17.0 Å². The van der Waals surface area contributed by atoms with Crippen LogP contribution < -0.4 is 10.5 Å². The van der Waals surface area contributed by atoms with E-state index in [9.17, 15) is 0 Å². The van der Waals surface area contributed by atoms with Crippen molar-refractivity contribution >= 4 is 17.3 Å². The molecule has 0 atom stereocenters. The number of H-pyrrole nitrogens is 1. The van der Waals surface area contributed by atoms with Crippen LogP contribution in [0, 0.1) is 0 Å². The summed E-state index contributed by atoms with van der Waals surface area (Å²) < 4.78 is 5.06. The van der Waals surface area contributed by atoms with Gasteiger partial charge in [-0.1, -0.05) is 11.6 Å². The molecule has 0 bridgehead atoms. The van der Waals surface area contributed by atoms with E-state index in [4.69, 9.17) is 22.1 Å². The van der Waals surface area contributed by atoms with E-state index < -0.39 is 0 Å². The van der Waals surface area contributed by atoms with Gasteiger partial charge in [0, 0.05) is 5.56 Å². The predicted molar refractivity (Wildman–Crippen MR) is 60.0 cm³/mol. The van der Waals surface area contributed by atoms with Gasteiger partial charge in [0.1, 0.15) is 5.75 Å². The first-order valence-electron chi connectivity index (χ1n) is 4.35. The molecule has 2 rings (SSSR count). The van der Waals surface area contributed by atoms with E-state index in [2.05, 4.69) is 10.2 Å². The van der Waals surface area contributed by atoms with Gasteiger partial charge in [-0.15, -0.1) is 0 Å². The van der Waals surface area contributed by atoms with Gasteiger partial charge in [-0.3, -0.25) is 5.10 Å². The molecule has 0 radical (unpaired) electrons. The zero-order chi connectivity index (χ0) is 10.8. The Kier molecular flexibility index (Phi) is 2.51. The summed E-state index contributed by atoms with van der Waals surface area (Å²) in [5, 5.41) is 7.22. The number of anilines is 1. The number of nitrogens with zero attached hydrogens (tertiary/aromatic N) is 1. The van der Waals surface area contributed by atoms with Crippen LogP contribution in [-0.2, 0) is 0 Å². The predicted octanol–water partition coefficient (Wildman–Crippen LogP) is 2.32. The molecule has 15 heavy (non-hydrogen) atoms. The first kappa shape index (κ1) is 9.86. The van der Waals surface area contributed by atoms with Crippen LogP contribution in [0.1, 0.15) is 0 Å². The summed E-state index contributed by atoms with van der Waals surface area (Å²) in [6.07, 6.45) is 1.55. The van der Waals surface area contributed by atoms with Crippen molar-refractivity contribution in [3.05, 3.63) is 29.4 Å². The molecule has 0 spiro atoms. The topological polar surface area (TPSA) is 63.9 Å². The first-order valence-corrected chi connectivity index (χ1v) is 4.73. The molecule has 1 heterocycles. The Hall–Kier alpha value is -1.68. The smallest absolute Gasteiger partial charge is 0.120 e. The zero-order valence-electron chi connectivity index (χ0n) is 8.12. The Balaban J connectivity index is 2.50. The fourth-order valence-electron chi connectivity index (χ4n) is 1.34. The monoisotopic (exact) mass is 223 g/mol. The van der Waals surface area contributed by atoms with Gasteiger partial charge in [-0.25, -0.2) is 0 Å². The van der Waals surface area contributed by atoms with Crippen LogP contribution in [0.4, 0.5) is 5.69 Å². The number of halogens is 1. The van der Waals surface area contributed by atoms with Crippen molar-refractivity contribution in [2.24, 2.45) is 0 Å². The lowest BCUT2D eigenvalue weighted by molar-refractivity contribution is 0.415. The van der Waals surface area contributed by atoms with Gasteiger partial charge in [0.15, 0.2) is 0 Å². The van der Waals surface area contributed by atoms with Gasteiger partial charge >= 0.3 is 0 Å². The lowest BCUT2D eigenvalue weighted by Crippen LogP contribution is -1.89. The number of nitrogens with two attached hydrogens (primary N) is 1. The molecule has 0 amide bonds. The number of rotatable bonds is 2. The fourth-order valence-corrected chi connectivity index (χ4v) is 1.60. The van der Waals surface area contributed by atoms with Crippen molar-refractivity contribution < 1.29 is 4.74 Å². The molecule has 0 aliphatic rings. The van der Waals surface area contributed by atoms with E-state index in [1.54, 1.807) is 19.4 Å². The molecule has 0 aliphatic carbocycles. The van der Waals surface area contributed by atoms with E-state index in [1.165, 1.54) is 0 Å². The van der Waals surface area contributed by atoms with E-state index in [1.807, 2.05) is 12.1 Å². The van der Waals surface area contributed by atoms with Crippen LogP contribution in [-0.4, -0.2) is 17.3 Å². The average molecular weight is 224 g/mol. The average Bonchev–Trinajstić information content (AvgIpc) is 2.64. The molecule has 1 aromatic carbocycles. The minimum atomic E-state index is 0.571. The fraction of sp³-hybridized carbons (Fsp3) is 0.100. The Labute approximate surface area is 92.0 Å². The van der Waals surface area contributed by atoms with Gasteiger partial charge in [0.25, 0.3) is 0 Å². The number of methoxy groups -OCH3 is 1. The highest BCUT2D eigenvalue weighted by molar-refractivity contribution is 6.33. The van der Waals surface area contributed by atoms with Gasteiger partial charge in [0.05, 0.1) is 29.7 Å². The van der Waals surface area contributed by atoms with Crippen LogP contribution >= 0.6 is 11.6 Å². The molecule has 2 aromatic rings. The van der Waals surface area contributed by atoms with Crippen molar-refractivity contribution in [1.82, 2.24) is 10.2 Å². The van der Waals surface area contributed by atoms with E-state index in [-0.39, 0.29) is 0 Å². The quantitative estimate of drug-likeness (QED) is 0.821. The third-order valence-electron chi connectivity index (χ3n) is 2.11. The molecular weight excluding hydrogens is 214 g/mol. The van der Waals surface area contributed by atoms with Crippen LogP contribution in [0.2, 0.25) is 5.02 Å². The minimum Gasteiger partial charge on any atom is -0.497 e. The number of aromatic amines is 1. The number of aromatic nitrogens is 2. The maximum absolute atomic E-state index is 6.09. The Morgan fingerprint density at radius 3 is 2.80 bits per heavy atom. The molecule has 78 valence electrons. The minimum absolute atomic E-state index is 0.571. The lowest BCUT2D eigenvalue weighted by atomic mass is 10.1. The van der Waals surface area contributed by atoms with Crippen LogP contribution in [0.25, 0.3) is 11.3 Å². The van der Waals surface area contributed by atoms with Crippen LogP contribution in [0.15, 0.2) is 24.4 Å². The standard InChI is InChI=1S/C10H10ClN3O/c1-15-6-2-3-7(8(11)4-6)10-9(12)5-13-14-10/h2-5H,12H2,1H3,(H,13,14). The Bertz CT molecular complexity index is 481. The lowest BCUT2D eigenvalue weighted by Gasteiger charge is -2.05. The number of hydrogen-bond donors (Lipinski definition) is 2. The largest absolute Gasteiger partial charge is 0.497 e. The number of ether oxygens (including phenoxy) is 1. The Morgan fingerprint density at radius 2 is 2.27 bits per heavy atom. The highest BCUT2D eigenvalue weighted by atomic mass is 35.5. The first-order chi connectivity index (χ1) is 7.22. The second-order valence-electron chi connectivity index (χ2n) is 3.05. The molecule has 5 heteroatoms. The second-order valence-corrected chi connectivity index (χ2v) is 3.45. The van der Waals surface area contributed by atoms with Gasteiger partial charge < -0.3 is 10.5 Å². The van der Waals surface area contributed by atoms with Gasteiger partial charge in [-0.05, 0) is 18.2 Å². The number of nitrogen functional groups attached to an aromatic ring is 1. The zero-order valence-corrected chi connectivity index (χ0v) is 8.88. The van der Waals surface area contributed by atoms with Crippen LogP contribution in [0.3, 0.4) is 0 Å². The summed E-state index contributed by atoms with van der Waals surface area (Å²) in [6, 6.07) is 5.39. The molecule has 0 unspecified atom stereocenters. The summed E-state index contributed by atoms with van der Waals surface area (Å²) in [4.78, 5) is 0. The molecule has 4 nitrogen and oxygen atoms in total. The number of benzene rings is 1. The highest BCUT2D eigenvalue weighted by Gasteiger charge is 2.09. The molecule has 3 N–H and O–H groups in total. The van der Waals surface area contributed by atoms with E-state index in [0.29, 0.717) is 16.5 Å². The third kappa shape index (κ3) is 1.76. The molecule has 0 aliphatic heterocycles. The van der Waals surface area contributed by atoms with Gasteiger partial charge in [0.2, 0.25) is 0 Å². The van der Waals surface area contributed by atoms with Crippen molar-refractivity contribution in [3.63, 3.8) is 0 Å². The molecular formula is C10H10ClN3O. The SMILES string of the molecule is COc1ccc(-c2[nH]ncc2N)c(Cl)c1. The van der Waals surface area contributed by atoms with Crippen molar-refractivity contribution in [2.75, 3.05) is 12.8 Å². The van der Waals surface area contributed by atoms with Crippen LogP contribution in [0.5, 0.6) is 5.75 Å². The molecule has 1 aromatic heterocycles. The third-order valence-corrected chi connectivity index (χ3v) is 2.43. The van der Waals surface area contributed by atoms with Crippen molar-refractivity contribution in [1.29, 1.82) is 0 Å². The number of nitrogens with one attached hydrogen (secondary N) is 1. The summed E-state index contributed by atoms with van der Waals surface area (Å²) in [6.45, 7) is 0. The maximum Gasteiger partial charge on any atom is 0.120 e. The molecule has 0 fully saturated rings. The summed E-state index contributed by atoms with van der Waals surface area (Å²) in [5.41, 5.74) is 7.84. The summed E-state index contributed by atoms with van der Waals surface area (Å²) >= 11 is 6.09. The van der Waals surface area contributed by atoms with Gasteiger partial charge in [-0.2, -0.15) is 5.10 Å².